The predicted octanol–water partition coefficient (Wildman–Crippen LogP) is 0.649. The van der Waals surface area contributed by atoms with Crippen molar-refractivity contribution in [2.45, 2.75) is 19.8 Å². The van der Waals surface area contributed by atoms with E-state index in [2.05, 4.69) is 15.1 Å². The molecule has 0 aliphatic rings. The van der Waals surface area contributed by atoms with Gasteiger partial charge in [0.25, 0.3) is 0 Å². The van der Waals surface area contributed by atoms with Crippen molar-refractivity contribution >= 4 is 12.0 Å². The van der Waals surface area contributed by atoms with Crippen LogP contribution in [0.5, 0.6) is 0 Å². The lowest BCUT2D eigenvalue weighted by Gasteiger charge is -2.06. The van der Waals surface area contributed by atoms with Crippen LogP contribution in [0.3, 0.4) is 0 Å². The molecular formula is C12H22N2O6. The second-order valence-corrected chi connectivity index (χ2v) is 3.64. The summed E-state index contributed by atoms with van der Waals surface area (Å²) in [6, 6.07) is 0. The van der Waals surface area contributed by atoms with Crippen molar-refractivity contribution in [1.29, 1.82) is 0 Å². The van der Waals surface area contributed by atoms with Crippen LogP contribution in [0.2, 0.25) is 0 Å². The van der Waals surface area contributed by atoms with Crippen LogP contribution in [0.1, 0.15) is 19.8 Å². The predicted molar refractivity (Wildman–Crippen MR) is 70.9 cm³/mol. The summed E-state index contributed by atoms with van der Waals surface area (Å²) < 4.78 is 5.17. The van der Waals surface area contributed by atoms with Crippen LogP contribution in [0, 0.1) is 0 Å². The van der Waals surface area contributed by atoms with Crippen molar-refractivity contribution in [2.75, 3.05) is 33.1 Å². The highest BCUT2D eigenvalue weighted by Gasteiger charge is 1.98. The van der Waals surface area contributed by atoms with Gasteiger partial charge >= 0.3 is 6.09 Å². The molecule has 0 aliphatic carbocycles. The van der Waals surface area contributed by atoms with Gasteiger partial charge in [0.2, 0.25) is 5.91 Å². The number of rotatable bonds is 12. The molecule has 0 atom stereocenters. The van der Waals surface area contributed by atoms with Gasteiger partial charge in [-0.15, -0.1) is 0 Å². The Morgan fingerprint density at radius 3 is 2.65 bits per heavy atom. The molecule has 20 heavy (non-hydrogen) atoms. The number of hydrogen-bond acceptors (Lipinski definition) is 5. The van der Waals surface area contributed by atoms with E-state index in [0.29, 0.717) is 26.2 Å². The number of allylic oxidation sites excluding steroid dienone is 2. The van der Waals surface area contributed by atoms with Gasteiger partial charge in [-0.3, -0.25) is 10.1 Å². The molecule has 0 heterocycles. The summed E-state index contributed by atoms with van der Waals surface area (Å²) in [5.74, 6) is -0.00831. The minimum atomic E-state index is -1.19. The minimum absolute atomic E-state index is 0.00831. The summed E-state index contributed by atoms with van der Waals surface area (Å²) >= 11 is 0. The molecule has 0 unspecified atom stereocenters. The number of amides is 2. The first-order valence-corrected chi connectivity index (χ1v) is 6.33. The van der Waals surface area contributed by atoms with Crippen LogP contribution >= 0.6 is 0 Å². The largest absolute Gasteiger partial charge is 0.465 e. The number of nitrogens with one attached hydrogen (secondary N) is 2. The van der Waals surface area contributed by atoms with Gasteiger partial charge in [-0.1, -0.05) is 12.2 Å². The summed E-state index contributed by atoms with van der Waals surface area (Å²) in [6.45, 7) is 2.97. The lowest BCUT2D eigenvalue weighted by molar-refractivity contribution is -0.301. The third-order valence-electron chi connectivity index (χ3n) is 2.02. The van der Waals surface area contributed by atoms with Gasteiger partial charge in [0.05, 0.1) is 13.2 Å². The highest BCUT2D eigenvalue weighted by Crippen LogP contribution is 1.90. The average Bonchev–Trinajstić information content (AvgIpc) is 2.41. The lowest BCUT2D eigenvalue weighted by atomic mass is 10.3. The zero-order chi connectivity index (χ0) is 15.1. The molecule has 8 heteroatoms. The Morgan fingerprint density at radius 2 is 1.95 bits per heavy atom. The van der Waals surface area contributed by atoms with Gasteiger partial charge in [0.15, 0.2) is 6.73 Å². The van der Waals surface area contributed by atoms with E-state index in [1.807, 2.05) is 24.4 Å². The Bertz CT molecular complexity index is 296. The number of carbonyl (C=O) groups excluding carboxylic acids is 1. The first-order chi connectivity index (χ1) is 9.66. The molecule has 0 aliphatic heterocycles. The Kier molecular flexibility index (Phi) is 12.7. The summed E-state index contributed by atoms with van der Waals surface area (Å²) in [7, 11) is 0. The Labute approximate surface area is 118 Å². The second kappa shape index (κ2) is 13.8. The molecule has 116 valence electrons. The average molecular weight is 290 g/mol. The van der Waals surface area contributed by atoms with Gasteiger partial charge in [0, 0.05) is 13.0 Å². The number of ether oxygens (including phenoxy) is 1. The molecule has 0 fully saturated rings. The van der Waals surface area contributed by atoms with E-state index in [1.54, 1.807) is 0 Å². The maximum atomic E-state index is 11.3. The molecule has 0 aromatic heterocycles. The molecule has 0 spiro atoms. The van der Waals surface area contributed by atoms with Gasteiger partial charge in [-0.05, 0) is 13.3 Å². The van der Waals surface area contributed by atoms with Crippen molar-refractivity contribution in [3.63, 3.8) is 0 Å². The van der Waals surface area contributed by atoms with Crippen LogP contribution in [0.15, 0.2) is 12.2 Å². The fourth-order valence-corrected chi connectivity index (χ4v) is 1.12. The smallest absolute Gasteiger partial charge is 0.406 e. The zero-order valence-corrected chi connectivity index (χ0v) is 11.6. The van der Waals surface area contributed by atoms with Crippen molar-refractivity contribution in [3.05, 3.63) is 12.2 Å². The van der Waals surface area contributed by atoms with Crippen LogP contribution < -0.4 is 10.6 Å². The van der Waals surface area contributed by atoms with E-state index in [-0.39, 0.29) is 19.2 Å². The lowest BCUT2D eigenvalue weighted by Crippen LogP contribution is -2.27. The Morgan fingerprint density at radius 1 is 1.15 bits per heavy atom. The minimum Gasteiger partial charge on any atom is -0.465 e. The summed E-state index contributed by atoms with van der Waals surface area (Å²) in [5.41, 5.74) is 0. The van der Waals surface area contributed by atoms with Gasteiger partial charge in [0.1, 0.15) is 6.61 Å². The molecule has 0 rings (SSSR count). The number of hydrogen-bond donors (Lipinski definition) is 3. The third-order valence-corrected chi connectivity index (χ3v) is 2.02. The number of carboxylic acid groups (broad SMARTS) is 1. The molecular weight excluding hydrogens is 268 g/mol. The Balaban J connectivity index is 3.16. The summed E-state index contributed by atoms with van der Waals surface area (Å²) in [4.78, 5) is 30.4. The molecule has 0 radical (unpaired) electrons. The maximum absolute atomic E-state index is 11.3. The Hall–Kier alpha value is -1.64. The second-order valence-electron chi connectivity index (χ2n) is 3.64. The molecule has 0 bridgehead atoms. The third kappa shape index (κ3) is 14.4. The van der Waals surface area contributed by atoms with E-state index < -0.39 is 6.09 Å². The van der Waals surface area contributed by atoms with E-state index in [1.165, 1.54) is 0 Å². The fourth-order valence-electron chi connectivity index (χ4n) is 1.12. The standard InChI is InChI=1S/C12H22N2O6/c1-2-3-4-5-11(15)13-6-7-18-8-9-19-20-10-14-12(16)17/h2-3,14H,4-10H2,1H3,(H,13,15)(H,16,17)/b3-2+. The summed E-state index contributed by atoms with van der Waals surface area (Å²) in [6.07, 6.45) is 3.86. The molecule has 0 saturated heterocycles. The van der Waals surface area contributed by atoms with Crippen molar-refractivity contribution < 1.29 is 29.2 Å². The SMILES string of the molecule is C/C=C/CCC(=O)NCCOCCOOCNC(=O)O. The normalized spacial score (nSPS) is 10.7. The van der Waals surface area contributed by atoms with E-state index in [4.69, 9.17) is 9.84 Å². The van der Waals surface area contributed by atoms with Crippen LogP contribution in [0.25, 0.3) is 0 Å². The topological polar surface area (TPSA) is 106 Å². The highest BCUT2D eigenvalue weighted by molar-refractivity contribution is 5.75. The summed E-state index contributed by atoms with van der Waals surface area (Å²) in [5, 5.41) is 12.9. The molecule has 0 aromatic carbocycles. The first-order valence-electron chi connectivity index (χ1n) is 6.33. The van der Waals surface area contributed by atoms with E-state index in [9.17, 15) is 9.59 Å². The molecule has 0 saturated carbocycles. The van der Waals surface area contributed by atoms with Crippen LogP contribution in [0.4, 0.5) is 4.79 Å². The zero-order valence-electron chi connectivity index (χ0n) is 11.6. The fraction of sp³-hybridized carbons (Fsp3) is 0.667. The van der Waals surface area contributed by atoms with Gasteiger partial charge < -0.3 is 15.2 Å². The quantitative estimate of drug-likeness (QED) is 0.160. The maximum Gasteiger partial charge on any atom is 0.406 e. The van der Waals surface area contributed by atoms with Crippen molar-refractivity contribution in [1.82, 2.24) is 10.6 Å². The molecule has 2 amide bonds. The van der Waals surface area contributed by atoms with E-state index >= 15 is 0 Å². The van der Waals surface area contributed by atoms with Crippen LogP contribution in [-0.2, 0) is 19.3 Å². The van der Waals surface area contributed by atoms with Crippen LogP contribution in [-0.4, -0.2) is 50.2 Å². The van der Waals surface area contributed by atoms with Gasteiger partial charge in [-0.25, -0.2) is 14.6 Å². The molecule has 3 N–H and O–H groups in total. The first kappa shape index (κ1) is 18.4. The number of carbonyl (C=O) groups is 2. The molecule has 0 aromatic rings. The van der Waals surface area contributed by atoms with Gasteiger partial charge in [-0.2, -0.15) is 0 Å². The van der Waals surface area contributed by atoms with E-state index in [0.717, 1.165) is 6.42 Å². The monoisotopic (exact) mass is 290 g/mol. The van der Waals surface area contributed by atoms with Crippen molar-refractivity contribution in [2.24, 2.45) is 0 Å². The molecule has 8 nitrogen and oxygen atoms in total. The highest BCUT2D eigenvalue weighted by atomic mass is 17.2. The van der Waals surface area contributed by atoms with Crippen molar-refractivity contribution in [3.8, 4) is 0 Å².